The van der Waals surface area contributed by atoms with Crippen LogP contribution in [0.3, 0.4) is 0 Å². The maximum atomic E-state index is 4.44. The lowest BCUT2D eigenvalue weighted by molar-refractivity contribution is 0.501. The van der Waals surface area contributed by atoms with E-state index in [1.807, 2.05) is 0 Å². The van der Waals surface area contributed by atoms with E-state index in [9.17, 15) is 0 Å². The second kappa shape index (κ2) is 5.25. The molecule has 90 valence electrons. The summed E-state index contributed by atoms with van der Waals surface area (Å²) in [5.74, 6) is 0. The van der Waals surface area contributed by atoms with Crippen molar-refractivity contribution >= 4 is 11.3 Å². The van der Waals surface area contributed by atoms with E-state index in [4.69, 9.17) is 0 Å². The van der Waals surface area contributed by atoms with E-state index in [1.54, 1.807) is 11.3 Å². The molecule has 1 saturated carbocycles. The van der Waals surface area contributed by atoms with E-state index >= 15 is 0 Å². The lowest BCUT2D eigenvalue weighted by atomic mass is 10.3. The van der Waals surface area contributed by atoms with Gasteiger partial charge in [-0.2, -0.15) is 0 Å². The quantitative estimate of drug-likeness (QED) is 0.797. The van der Waals surface area contributed by atoms with Crippen molar-refractivity contribution in [3.05, 3.63) is 15.6 Å². The van der Waals surface area contributed by atoms with Crippen molar-refractivity contribution in [3.63, 3.8) is 0 Å². The third-order valence-corrected chi connectivity index (χ3v) is 3.97. The molecule has 1 aliphatic rings. The highest BCUT2D eigenvalue weighted by Gasteiger charge is 2.20. The zero-order valence-corrected chi connectivity index (χ0v) is 11.2. The molecule has 0 aromatic carbocycles. The molecular weight excluding hydrogens is 218 g/mol. The van der Waals surface area contributed by atoms with Crippen molar-refractivity contribution in [2.24, 2.45) is 0 Å². The van der Waals surface area contributed by atoms with Gasteiger partial charge in [0.05, 0.1) is 10.7 Å². The van der Waals surface area contributed by atoms with E-state index in [-0.39, 0.29) is 0 Å². The lowest BCUT2D eigenvalue weighted by Gasteiger charge is -2.13. The van der Waals surface area contributed by atoms with Crippen molar-refractivity contribution in [1.29, 1.82) is 0 Å². The molecule has 16 heavy (non-hydrogen) atoms. The van der Waals surface area contributed by atoms with Crippen molar-refractivity contribution in [2.45, 2.75) is 52.2 Å². The first kappa shape index (κ1) is 12.0. The van der Waals surface area contributed by atoms with Gasteiger partial charge in [-0.25, -0.2) is 4.98 Å². The summed E-state index contributed by atoms with van der Waals surface area (Å²) in [7, 11) is 0. The van der Waals surface area contributed by atoms with Gasteiger partial charge in [0.25, 0.3) is 0 Å². The number of aryl methyl sites for hydroxylation is 2. The third-order valence-electron chi connectivity index (χ3n) is 2.90. The minimum atomic E-state index is 0.530. The summed E-state index contributed by atoms with van der Waals surface area (Å²) in [5, 5.41) is 8.25. The molecule has 1 unspecified atom stereocenters. The normalized spacial score (nSPS) is 17.7. The van der Waals surface area contributed by atoms with E-state index < -0.39 is 0 Å². The van der Waals surface area contributed by atoms with Gasteiger partial charge in [0, 0.05) is 30.1 Å². The first-order valence-corrected chi connectivity index (χ1v) is 6.86. The fraction of sp³-hybridized carbons (Fsp3) is 0.750. The monoisotopic (exact) mass is 239 g/mol. The number of thiazole rings is 1. The van der Waals surface area contributed by atoms with Crippen LogP contribution in [0.25, 0.3) is 0 Å². The highest BCUT2D eigenvalue weighted by atomic mass is 32.1. The Labute approximate surface area is 102 Å². The Balaban J connectivity index is 1.70. The Morgan fingerprint density at radius 3 is 2.75 bits per heavy atom. The molecule has 1 heterocycles. The second-order valence-corrected chi connectivity index (χ2v) is 5.99. The number of nitrogens with one attached hydrogen (secondary N) is 2. The van der Waals surface area contributed by atoms with Gasteiger partial charge in [0.15, 0.2) is 0 Å². The molecule has 2 N–H and O–H groups in total. The van der Waals surface area contributed by atoms with Crippen molar-refractivity contribution < 1.29 is 0 Å². The summed E-state index contributed by atoms with van der Waals surface area (Å²) in [5.41, 5.74) is 1.18. The Hall–Kier alpha value is -0.450. The molecule has 2 rings (SSSR count). The Kier molecular flexibility index (Phi) is 3.95. The summed E-state index contributed by atoms with van der Waals surface area (Å²) in [6.45, 7) is 8.41. The van der Waals surface area contributed by atoms with Gasteiger partial charge in [0.2, 0.25) is 0 Å². The van der Waals surface area contributed by atoms with E-state index in [2.05, 4.69) is 36.4 Å². The van der Waals surface area contributed by atoms with Gasteiger partial charge in [-0.1, -0.05) is 0 Å². The highest BCUT2D eigenvalue weighted by molar-refractivity contribution is 7.11. The predicted octanol–water partition coefficient (Wildman–Crippen LogP) is 1.99. The number of rotatable bonds is 6. The van der Waals surface area contributed by atoms with Gasteiger partial charge in [-0.3, -0.25) is 0 Å². The summed E-state index contributed by atoms with van der Waals surface area (Å²) in [4.78, 5) is 5.81. The van der Waals surface area contributed by atoms with E-state index in [1.165, 1.54) is 23.4 Å². The minimum Gasteiger partial charge on any atom is -0.312 e. The predicted molar refractivity (Wildman–Crippen MR) is 68.9 cm³/mol. The molecule has 0 radical (unpaired) electrons. The summed E-state index contributed by atoms with van der Waals surface area (Å²) in [6, 6.07) is 1.33. The van der Waals surface area contributed by atoms with Crippen LogP contribution >= 0.6 is 11.3 Å². The largest absolute Gasteiger partial charge is 0.312 e. The first-order valence-electron chi connectivity index (χ1n) is 6.05. The molecule has 4 heteroatoms. The van der Waals surface area contributed by atoms with Crippen molar-refractivity contribution in [2.75, 3.05) is 6.54 Å². The molecule has 1 aliphatic carbocycles. The minimum absolute atomic E-state index is 0.530. The number of hydrogen-bond acceptors (Lipinski definition) is 4. The van der Waals surface area contributed by atoms with Crippen LogP contribution in [0.1, 0.15) is 35.3 Å². The zero-order valence-electron chi connectivity index (χ0n) is 10.3. The maximum absolute atomic E-state index is 4.44. The fourth-order valence-corrected chi connectivity index (χ4v) is 2.60. The van der Waals surface area contributed by atoms with Crippen LogP contribution in [-0.4, -0.2) is 23.6 Å². The zero-order chi connectivity index (χ0) is 11.5. The average molecular weight is 239 g/mol. The third kappa shape index (κ3) is 3.54. The molecule has 0 saturated heterocycles. The van der Waals surface area contributed by atoms with E-state index in [0.29, 0.717) is 6.04 Å². The standard InChI is InChI=1S/C12H21N3S/c1-8(6-14-11-4-5-11)13-7-12-9(2)15-10(3)16-12/h8,11,13-14H,4-7H2,1-3H3. The second-order valence-electron chi connectivity index (χ2n) is 4.71. The van der Waals surface area contributed by atoms with Gasteiger partial charge < -0.3 is 10.6 Å². The molecule has 1 aromatic heterocycles. The van der Waals surface area contributed by atoms with Crippen molar-refractivity contribution in [1.82, 2.24) is 15.6 Å². The average Bonchev–Trinajstić information content (AvgIpc) is 2.99. The van der Waals surface area contributed by atoms with Gasteiger partial charge in [0.1, 0.15) is 0 Å². The van der Waals surface area contributed by atoms with Gasteiger partial charge in [-0.05, 0) is 33.6 Å². The highest BCUT2D eigenvalue weighted by Crippen LogP contribution is 2.18. The number of nitrogens with zero attached hydrogens (tertiary/aromatic N) is 1. The molecule has 0 bridgehead atoms. The molecule has 3 nitrogen and oxygen atoms in total. The molecular formula is C12H21N3S. The van der Waals surface area contributed by atoms with Crippen LogP contribution in [0.2, 0.25) is 0 Å². The first-order chi connectivity index (χ1) is 7.65. The SMILES string of the molecule is Cc1nc(C)c(CNC(C)CNC2CC2)s1. The smallest absolute Gasteiger partial charge is 0.0900 e. The topological polar surface area (TPSA) is 37.0 Å². The Morgan fingerprint density at radius 2 is 2.19 bits per heavy atom. The van der Waals surface area contributed by atoms with Gasteiger partial charge >= 0.3 is 0 Å². The van der Waals surface area contributed by atoms with Gasteiger partial charge in [-0.15, -0.1) is 11.3 Å². The molecule has 0 amide bonds. The summed E-state index contributed by atoms with van der Waals surface area (Å²) >= 11 is 1.80. The van der Waals surface area contributed by atoms with Crippen LogP contribution in [0, 0.1) is 13.8 Å². The molecule has 0 aliphatic heterocycles. The Bertz CT molecular complexity index is 344. The summed E-state index contributed by atoms with van der Waals surface area (Å²) in [6.07, 6.45) is 2.72. The molecule has 1 atom stereocenters. The van der Waals surface area contributed by atoms with Crippen LogP contribution in [0.15, 0.2) is 0 Å². The number of hydrogen-bond donors (Lipinski definition) is 2. The summed E-state index contributed by atoms with van der Waals surface area (Å²) < 4.78 is 0. The lowest BCUT2D eigenvalue weighted by Crippen LogP contribution is -2.36. The number of aromatic nitrogens is 1. The molecule has 0 spiro atoms. The maximum Gasteiger partial charge on any atom is 0.0900 e. The van der Waals surface area contributed by atoms with Crippen LogP contribution < -0.4 is 10.6 Å². The Morgan fingerprint density at radius 1 is 1.44 bits per heavy atom. The van der Waals surface area contributed by atoms with Crippen molar-refractivity contribution in [3.8, 4) is 0 Å². The fourth-order valence-electron chi connectivity index (χ4n) is 1.71. The van der Waals surface area contributed by atoms with Crippen LogP contribution in [0.5, 0.6) is 0 Å². The van der Waals surface area contributed by atoms with E-state index in [0.717, 1.165) is 24.1 Å². The van der Waals surface area contributed by atoms with Crippen LogP contribution in [-0.2, 0) is 6.54 Å². The molecule has 1 fully saturated rings. The van der Waals surface area contributed by atoms with Crippen LogP contribution in [0.4, 0.5) is 0 Å². The molecule has 1 aromatic rings.